The summed E-state index contributed by atoms with van der Waals surface area (Å²) in [6.07, 6.45) is 2.05. The number of nitrogens with two attached hydrogens (primary N) is 1. The molecule has 1 atom stereocenters. The summed E-state index contributed by atoms with van der Waals surface area (Å²) in [6, 6.07) is 6.82. The normalized spacial score (nSPS) is 22.5. The molecule has 0 aliphatic carbocycles. The van der Waals surface area contributed by atoms with E-state index in [9.17, 15) is 4.39 Å². The van der Waals surface area contributed by atoms with Crippen molar-refractivity contribution in [3.05, 3.63) is 35.6 Å². The van der Waals surface area contributed by atoms with Gasteiger partial charge >= 0.3 is 0 Å². The van der Waals surface area contributed by atoms with Gasteiger partial charge in [-0.05, 0) is 37.5 Å². The minimum Gasteiger partial charge on any atom is -0.329 e. The van der Waals surface area contributed by atoms with E-state index in [2.05, 4.69) is 25.7 Å². The Hall–Kier alpha value is -0.580. The van der Waals surface area contributed by atoms with Gasteiger partial charge in [0.1, 0.15) is 5.82 Å². The topological polar surface area (TPSA) is 29.3 Å². The Kier molecular flexibility index (Phi) is 5.33. The van der Waals surface area contributed by atoms with Crippen LogP contribution in [0, 0.1) is 5.82 Å². The highest BCUT2D eigenvalue weighted by atomic mass is 32.2. The van der Waals surface area contributed by atoms with Crippen molar-refractivity contribution in [2.45, 2.75) is 43.9 Å². The Balaban J connectivity index is 2.10. The summed E-state index contributed by atoms with van der Waals surface area (Å²) >= 11 is 2.05. The first kappa shape index (κ1) is 16.8. The number of halogens is 1. The number of benzene rings is 1. The van der Waals surface area contributed by atoms with Crippen LogP contribution in [0.2, 0.25) is 0 Å². The van der Waals surface area contributed by atoms with Crippen LogP contribution in [0.4, 0.5) is 4.39 Å². The van der Waals surface area contributed by atoms with Crippen LogP contribution in [-0.2, 0) is 6.42 Å². The van der Waals surface area contributed by atoms with Crippen LogP contribution in [-0.4, -0.2) is 40.6 Å². The Labute approximate surface area is 132 Å². The maximum Gasteiger partial charge on any atom is 0.123 e. The molecule has 1 heterocycles. The van der Waals surface area contributed by atoms with Gasteiger partial charge in [-0.2, -0.15) is 11.8 Å². The van der Waals surface area contributed by atoms with Crippen molar-refractivity contribution in [2.24, 2.45) is 5.73 Å². The molecule has 1 saturated heterocycles. The molecule has 0 radical (unpaired) electrons. The summed E-state index contributed by atoms with van der Waals surface area (Å²) in [7, 11) is 0. The van der Waals surface area contributed by atoms with E-state index in [1.54, 1.807) is 0 Å². The Morgan fingerprint density at radius 3 is 2.57 bits per heavy atom. The van der Waals surface area contributed by atoms with Gasteiger partial charge in [0.05, 0.1) is 0 Å². The second kappa shape index (κ2) is 6.67. The van der Waals surface area contributed by atoms with Gasteiger partial charge in [0.2, 0.25) is 0 Å². The van der Waals surface area contributed by atoms with Gasteiger partial charge in [-0.1, -0.05) is 26.0 Å². The molecule has 1 fully saturated rings. The summed E-state index contributed by atoms with van der Waals surface area (Å²) in [5.74, 6) is 0.965. The highest BCUT2D eigenvalue weighted by molar-refractivity contribution is 8.00. The highest BCUT2D eigenvalue weighted by Crippen LogP contribution is 2.33. The van der Waals surface area contributed by atoms with Gasteiger partial charge in [0, 0.05) is 35.7 Å². The third kappa shape index (κ3) is 4.44. The molecule has 2 rings (SSSR count). The van der Waals surface area contributed by atoms with Gasteiger partial charge in [-0.3, -0.25) is 4.90 Å². The van der Waals surface area contributed by atoms with Crippen molar-refractivity contribution in [1.82, 2.24) is 4.90 Å². The lowest BCUT2D eigenvalue weighted by molar-refractivity contribution is 0.116. The Morgan fingerprint density at radius 2 is 1.95 bits per heavy atom. The molecule has 4 heteroatoms. The van der Waals surface area contributed by atoms with Crippen LogP contribution in [0.15, 0.2) is 24.3 Å². The van der Waals surface area contributed by atoms with Crippen LogP contribution in [0.3, 0.4) is 0 Å². The predicted molar refractivity (Wildman–Crippen MR) is 90.3 cm³/mol. The van der Waals surface area contributed by atoms with Crippen LogP contribution < -0.4 is 5.73 Å². The van der Waals surface area contributed by atoms with Crippen molar-refractivity contribution in [3.8, 4) is 0 Å². The molecule has 1 aliphatic heterocycles. The summed E-state index contributed by atoms with van der Waals surface area (Å²) in [4.78, 5) is 2.53. The van der Waals surface area contributed by atoms with Gasteiger partial charge in [-0.25, -0.2) is 4.39 Å². The van der Waals surface area contributed by atoms with E-state index in [1.807, 2.05) is 23.9 Å². The van der Waals surface area contributed by atoms with E-state index in [0.29, 0.717) is 11.3 Å². The van der Waals surface area contributed by atoms with Gasteiger partial charge < -0.3 is 5.73 Å². The van der Waals surface area contributed by atoms with E-state index in [1.165, 1.54) is 18.6 Å². The largest absolute Gasteiger partial charge is 0.329 e. The second-order valence-corrected chi connectivity index (χ2v) is 8.65. The first-order chi connectivity index (χ1) is 9.85. The lowest BCUT2D eigenvalue weighted by Crippen LogP contribution is -2.54. The molecule has 0 amide bonds. The summed E-state index contributed by atoms with van der Waals surface area (Å²) in [5, 5.41) is 0. The molecule has 2 N–H and O–H groups in total. The van der Waals surface area contributed by atoms with Gasteiger partial charge in [0.15, 0.2) is 0 Å². The zero-order valence-corrected chi connectivity index (χ0v) is 14.2. The summed E-state index contributed by atoms with van der Waals surface area (Å²) < 4.78 is 13.4. The van der Waals surface area contributed by atoms with Crippen LogP contribution >= 0.6 is 11.8 Å². The number of thioether (sulfide) groups is 1. The van der Waals surface area contributed by atoms with Crippen LogP contribution in [0.25, 0.3) is 0 Å². The first-order valence-corrected chi connectivity index (χ1v) is 8.67. The maximum absolute atomic E-state index is 13.1. The SMILES string of the molecule is CC1(C)CCN(C(C)(CN)Cc2ccc(F)cc2)CCS1. The van der Waals surface area contributed by atoms with Crippen molar-refractivity contribution in [3.63, 3.8) is 0 Å². The van der Waals surface area contributed by atoms with E-state index in [0.717, 1.165) is 30.8 Å². The monoisotopic (exact) mass is 310 g/mol. The maximum atomic E-state index is 13.1. The van der Waals surface area contributed by atoms with Crippen molar-refractivity contribution >= 4 is 11.8 Å². The Bertz CT molecular complexity index is 460. The highest BCUT2D eigenvalue weighted by Gasteiger charge is 2.34. The average molecular weight is 310 g/mol. The minimum atomic E-state index is -0.180. The fourth-order valence-corrected chi connectivity index (χ4v) is 4.02. The molecule has 1 aromatic carbocycles. The van der Waals surface area contributed by atoms with Crippen molar-refractivity contribution in [1.29, 1.82) is 0 Å². The minimum absolute atomic E-state index is 0.0567. The number of rotatable bonds is 4. The fraction of sp³-hybridized carbons (Fsp3) is 0.647. The smallest absolute Gasteiger partial charge is 0.123 e. The third-order valence-corrected chi connectivity index (χ3v) is 5.91. The van der Waals surface area contributed by atoms with Gasteiger partial charge in [-0.15, -0.1) is 0 Å². The lowest BCUT2D eigenvalue weighted by atomic mass is 9.90. The van der Waals surface area contributed by atoms with Crippen LogP contribution in [0.1, 0.15) is 32.8 Å². The first-order valence-electron chi connectivity index (χ1n) is 7.68. The summed E-state index contributed by atoms with van der Waals surface area (Å²) in [6.45, 7) is 9.65. The van der Waals surface area contributed by atoms with Crippen LogP contribution in [0.5, 0.6) is 0 Å². The molecule has 0 saturated carbocycles. The number of hydrogen-bond donors (Lipinski definition) is 1. The molecular formula is C17H27FN2S. The summed E-state index contributed by atoms with van der Waals surface area (Å²) in [5.41, 5.74) is 7.21. The van der Waals surface area contributed by atoms with E-state index in [-0.39, 0.29) is 11.4 Å². The van der Waals surface area contributed by atoms with Gasteiger partial charge in [0.25, 0.3) is 0 Å². The molecule has 0 spiro atoms. The molecule has 2 nitrogen and oxygen atoms in total. The molecule has 0 bridgehead atoms. The molecule has 1 unspecified atom stereocenters. The van der Waals surface area contributed by atoms with Crippen molar-refractivity contribution in [2.75, 3.05) is 25.4 Å². The molecular weight excluding hydrogens is 283 g/mol. The zero-order chi connectivity index (χ0) is 15.5. The molecule has 21 heavy (non-hydrogen) atoms. The van der Waals surface area contributed by atoms with E-state index in [4.69, 9.17) is 5.73 Å². The number of nitrogens with zero attached hydrogens (tertiary/aromatic N) is 1. The molecule has 1 aliphatic rings. The third-order valence-electron chi connectivity index (χ3n) is 4.54. The van der Waals surface area contributed by atoms with E-state index < -0.39 is 0 Å². The second-order valence-electron chi connectivity index (χ2n) is 6.85. The quantitative estimate of drug-likeness (QED) is 0.925. The van der Waals surface area contributed by atoms with Crippen molar-refractivity contribution < 1.29 is 4.39 Å². The molecule has 1 aromatic rings. The predicted octanol–water partition coefficient (Wildman–Crippen LogP) is 3.30. The van der Waals surface area contributed by atoms with E-state index >= 15 is 0 Å². The standard InChI is InChI=1S/C17H27FN2S/c1-16(2)8-9-20(10-11-21-16)17(3,13-19)12-14-4-6-15(18)7-5-14/h4-7H,8-13,19H2,1-3H3. The molecule has 0 aromatic heterocycles. The number of hydrogen-bond acceptors (Lipinski definition) is 3. The lowest BCUT2D eigenvalue weighted by Gasteiger charge is -2.40. The molecule has 118 valence electrons. The zero-order valence-electron chi connectivity index (χ0n) is 13.4. The Morgan fingerprint density at radius 1 is 1.29 bits per heavy atom. The fourth-order valence-electron chi connectivity index (χ4n) is 2.92. The average Bonchev–Trinajstić information content (AvgIpc) is 2.62.